The van der Waals surface area contributed by atoms with E-state index in [0.717, 1.165) is 10.9 Å². The summed E-state index contributed by atoms with van der Waals surface area (Å²) in [5, 5.41) is 31.3. The summed E-state index contributed by atoms with van der Waals surface area (Å²) in [5.41, 5.74) is 1.53. The van der Waals surface area contributed by atoms with Crippen LogP contribution in [0.4, 0.5) is 23.0 Å². The highest BCUT2D eigenvalue weighted by molar-refractivity contribution is 5.83. The number of pyridine rings is 1. The van der Waals surface area contributed by atoms with Crippen molar-refractivity contribution in [3.05, 3.63) is 46.6 Å². The maximum atomic E-state index is 11.3. The van der Waals surface area contributed by atoms with Crippen molar-refractivity contribution < 1.29 is 15.0 Å². The Balaban J connectivity index is 1.97. The molecule has 130 valence electrons. The van der Waals surface area contributed by atoms with E-state index >= 15 is 0 Å². The summed E-state index contributed by atoms with van der Waals surface area (Å²) in [7, 11) is 0. The van der Waals surface area contributed by atoms with Gasteiger partial charge in [-0.25, -0.2) is 4.98 Å². The minimum Gasteiger partial charge on any atom is -0.393 e. The van der Waals surface area contributed by atoms with E-state index in [0.29, 0.717) is 24.6 Å². The van der Waals surface area contributed by atoms with Gasteiger partial charge in [0, 0.05) is 17.5 Å². The Hall–Kier alpha value is -3.20. The predicted molar refractivity (Wildman–Crippen MR) is 94.0 cm³/mol. The van der Waals surface area contributed by atoms with Gasteiger partial charge in [-0.3, -0.25) is 25.4 Å². The van der Waals surface area contributed by atoms with E-state index in [1.165, 1.54) is 6.07 Å². The van der Waals surface area contributed by atoms with Crippen molar-refractivity contribution in [1.29, 1.82) is 0 Å². The number of nitrogens with one attached hydrogen (secondary N) is 3. The monoisotopic (exact) mass is 343 g/mol. The summed E-state index contributed by atoms with van der Waals surface area (Å²) in [5.74, 6) is 0.968. The third-order valence-electron chi connectivity index (χ3n) is 3.91. The molecule has 2 aromatic heterocycles. The highest BCUT2D eigenvalue weighted by Crippen LogP contribution is 2.26. The van der Waals surface area contributed by atoms with Gasteiger partial charge >= 0.3 is 11.5 Å². The van der Waals surface area contributed by atoms with E-state index in [1.807, 2.05) is 30.0 Å². The predicted octanol–water partition coefficient (Wildman–Crippen LogP) is 1.85. The van der Waals surface area contributed by atoms with Gasteiger partial charge in [0.2, 0.25) is 5.82 Å². The molecule has 0 aliphatic heterocycles. The lowest BCUT2D eigenvalue weighted by atomic mass is 10.2. The van der Waals surface area contributed by atoms with Gasteiger partial charge in [-0.15, -0.1) is 0 Å². The first kappa shape index (κ1) is 16.7. The molecule has 0 fully saturated rings. The topological polar surface area (TPSA) is 121 Å². The number of nitrogens with zero attached hydrogens (tertiary/aromatic N) is 3. The van der Waals surface area contributed by atoms with Crippen molar-refractivity contribution in [1.82, 2.24) is 10.2 Å². The normalized spacial score (nSPS) is 10.8. The molecule has 2 heterocycles. The van der Waals surface area contributed by atoms with Gasteiger partial charge < -0.3 is 5.11 Å². The maximum Gasteiger partial charge on any atom is 0.341 e. The molecule has 0 spiro atoms. The quantitative estimate of drug-likeness (QED) is 0.444. The Morgan fingerprint density at radius 2 is 2.24 bits per heavy atom. The van der Waals surface area contributed by atoms with Crippen LogP contribution >= 0.6 is 0 Å². The number of H-pyrrole nitrogens is 2. The van der Waals surface area contributed by atoms with Crippen LogP contribution in [-0.2, 0) is 0 Å². The average molecular weight is 343 g/mol. The van der Waals surface area contributed by atoms with Crippen LogP contribution in [0.25, 0.3) is 10.9 Å². The molecule has 25 heavy (non-hydrogen) atoms. The van der Waals surface area contributed by atoms with Crippen LogP contribution in [0.5, 0.6) is 0 Å². The highest BCUT2D eigenvalue weighted by atomic mass is 16.6. The summed E-state index contributed by atoms with van der Waals surface area (Å²) in [6.45, 7) is 3.05. The zero-order chi connectivity index (χ0) is 17.8. The molecular weight excluding hydrogens is 324 g/mol. The van der Waals surface area contributed by atoms with Crippen molar-refractivity contribution in [2.45, 2.75) is 6.92 Å². The smallest absolute Gasteiger partial charge is 0.341 e. The van der Waals surface area contributed by atoms with Crippen LogP contribution in [0.2, 0.25) is 0 Å². The molecule has 3 aromatic rings. The fourth-order valence-electron chi connectivity index (χ4n) is 2.64. The first-order chi connectivity index (χ1) is 12.1. The fourth-order valence-corrected chi connectivity index (χ4v) is 2.64. The number of aliphatic hydroxyl groups is 1. The van der Waals surface area contributed by atoms with E-state index in [4.69, 9.17) is 5.11 Å². The number of rotatable bonds is 7. The molecule has 0 bridgehead atoms. The molecule has 4 N–H and O–H groups in total. The zero-order valence-corrected chi connectivity index (χ0v) is 13.7. The van der Waals surface area contributed by atoms with E-state index in [-0.39, 0.29) is 18.1 Å². The molecule has 0 saturated carbocycles. The third-order valence-corrected chi connectivity index (χ3v) is 3.91. The minimum atomic E-state index is -0.443. The van der Waals surface area contributed by atoms with Crippen LogP contribution in [0.1, 0.15) is 6.92 Å². The second-order valence-electron chi connectivity index (χ2n) is 5.46. The van der Waals surface area contributed by atoms with Gasteiger partial charge in [-0.2, -0.15) is 5.10 Å². The summed E-state index contributed by atoms with van der Waals surface area (Å²) >= 11 is 0. The fraction of sp³-hybridized carbons (Fsp3) is 0.250. The van der Waals surface area contributed by atoms with Crippen molar-refractivity contribution in [2.75, 3.05) is 29.9 Å². The number of nitro groups is 1. The molecule has 0 atom stereocenters. The van der Waals surface area contributed by atoms with Crippen molar-refractivity contribution in [3.63, 3.8) is 0 Å². The van der Waals surface area contributed by atoms with Crippen molar-refractivity contribution >= 4 is 33.9 Å². The highest BCUT2D eigenvalue weighted by Gasteiger charge is 2.22. The Kier molecular flexibility index (Phi) is 4.75. The minimum absolute atomic E-state index is 0.00140. The third kappa shape index (κ3) is 3.50. The van der Waals surface area contributed by atoms with E-state index in [9.17, 15) is 10.1 Å². The van der Waals surface area contributed by atoms with Gasteiger partial charge in [0.05, 0.1) is 42.0 Å². The molecule has 0 amide bonds. The van der Waals surface area contributed by atoms with Crippen molar-refractivity contribution in [3.8, 4) is 0 Å². The molecule has 0 aliphatic rings. The van der Waals surface area contributed by atoms with Crippen LogP contribution in [0.3, 0.4) is 0 Å². The van der Waals surface area contributed by atoms with Crippen LogP contribution in [-0.4, -0.2) is 39.9 Å². The Labute approximate surface area is 143 Å². The number of aromatic nitrogens is 3. The van der Waals surface area contributed by atoms with E-state index < -0.39 is 4.92 Å². The van der Waals surface area contributed by atoms with Gasteiger partial charge in [0.15, 0.2) is 0 Å². The van der Waals surface area contributed by atoms with Gasteiger partial charge in [-0.1, -0.05) is 0 Å². The van der Waals surface area contributed by atoms with Gasteiger partial charge in [0.1, 0.15) is 0 Å². The Morgan fingerprint density at radius 3 is 2.96 bits per heavy atom. The number of hydrogen-bond donors (Lipinski definition) is 3. The number of benzene rings is 1. The number of aromatic amines is 2. The molecule has 0 radical (unpaired) electrons. The number of anilines is 3. The summed E-state index contributed by atoms with van der Waals surface area (Å²) < 4.78 is 0. The molecule has 0 aliphatic carbocycles. The van der Waals surface area contributed by atoms with Gasteiger partial charge in [-0.05, 0) is 25.1 Å². The maximum absolute atomic E-state index is 11.3. The largest absolute Gasteiger partial charge is 0.393 e. The Morgan fingerprint density at radius 1 is 1.40 bits per heavy atom. The SMILES string of the molecule is CCN(CCO)c1ccc([N+](=O)[O-])c(Nc2ccc3[nH]ncc3c2)[nH+]1. The van der Waals surface area contributed by atoms with Crippen LogP contribution in [0.15, 0.2) is 36.5 Å². The molecule has 3 rings (SSSR count). The van der Waals surface area contributed by atoms with Crippen molar-refractivity contribution in [2.24, 2.45) is 0 Å². The van der Waals surface area contributed by atoms with Gasteiger partial charge in [0.25, 0.3) is 0 Å². The lowest BCUT2D eigenvalue weighted by Gasteiger charge is -2.16. The second-order valence-corrected chi connectivity index (χ2v) is 5.46. The average Bonchev–Trinajstić information content (AvgIpc) is 3.07. The molecule has 0 unspecified atom stereocenters. The second kappa shape index (κ2) is 7.14. The van der Waals surface area contributed by atoms with E-state index in [2.05, 4.69) is 20.5 Å². The summed E-state index contributed by atoms with van der Waals surface area (Å²) in [6.07, 6.45) is 1.69. The number of hydrogen-bond acceptors (Lipinski definition) is 6. The standard InChI is InChI=1S/C16H18N6O3/c1-2-21(7-8-23)15-6-5-14(22(24)25)16(19-15)18-12-3-4-13-11(9-12)10-17-20-13/h3-6,9-10,23H,2,7-8H2,1H3,(H,17,20)(H,18,19)/p+1. The van der Waals surface area contributed by atoms with E-state index in [1.54, 1.807) is 12.3 Å². The lowest BCUT2D eigenvalue weighted by Crippen LogP contribution is -2.32. The van der Waals surface area contributed by atoms with Crippen LogP contribution < -0.4 is 15.2 Å². The summed E-state index contributed by atoms with van der Waals surface area (Å²) in [6, 6.07) is 8.61. The zero-order valence-electron chi connectivity index (χ0n) is 13.7. The molecule has 9 nitrogen and oxygen atoms in total. The molecular formula is C16H19N6O3+. The molecule has 9 heteroatoms. The lowest BCUT2D eigenvalue weighted by molar-refractivity contribution is -0.405. The first-order valence-corrected chi connectivity index (χ1v) is 7.89. The molecule has 1 aromatic carbocycles. The number of fused-ring (bicyclic) bond motifs is 1. The summed E-state index contributed by atoms with van der Waals surface area (Å²) in [4.78, 5) is 15.8. The number of likely N-dealkylation sites (N-methyl/N-ethyl adjacent to an activating group) is 1. The number of aliphatic hydroxyl groups excluding tert-OH is 1. The first-order valence-electron chi connectivity index (χ1n) is 7.89. The Bertz CT molecular complexity index is 894. The van der Waals surface area contributed by atoms with Crippen LogP contribution in [0, 0.1) is 10.1 Å². The molecule has 0 saturated heterocycles.